The highest BCUT2D eigenvalue weighted by molar-refractivity contribution is 5.91. The number of morpholine rings is 1. The Kier molecular flexibility index (Phi) is 5.36. The number of ether oxygens (including phenoxy) is 1. The highest BCUT2D eigenvalue weighted by Crippen LogP contribution is 2.16. The first-order valence-electron chi connectivity index (χ1n) is 10.6. The van der Waals surface area contributed by atoms with Crippen LogP contribution in [0.4, 0.5) is 0 Å². The molecule has 1 aromatic carbocycles. The molecule has 158 valence electrons. The van der Waals surface area contributed by atoms with Crippen molar-refractivity contribution in [2.75, 3.05) is 32.8 Å². The molecule has 0 bridgehead atoms. The van der Waals surface area contributed by atoms with Crippen LogP contribution in [-0.2, 0) is 11.3 Å². The van der Waals surface area contributed by atoms with Crippen LogP contribution in [-0.4, -0.2) is 51.9 Å². The van der Waals surface area contributed by atoms with Crippen LogP contribution in [0.25, 0.3) is 27.5 Å². The molecule has 0 spiro atoms. The summed E-state index contributed by atoms with van der Waals surface area (Å²) < 4.78 is 8.68. The van der Waals surface area contributed by atoms with Crippen LogP contribution >= 0.6 is 0 Å². The van der Waals surface area contributed by atoms with E-state index in [0.29, 0.717) is 28.4 Å². The van der Waals surface area contributed by atoms with Crippen molar-refractivity contribution < 1.29 is 4.74 Å². The van der Waals surface area contributed by atoms with E-state index in [9.17, 15) is 9.59 Å². The lowest BCUT2D eigenvalue weighted by molar-refractivity contribution is 0.0369. The maximum atomic E-state index is 13.1. The second kappa shape index (κ2) is 8.45. The van der Waals surface area contributed by atoms with Gasteiger partial charge in [-0.15, -0.1) is 0 Å². The van der Waals surface area contributed by atoms with Crippen LogP contribution in [0.15, 0.2) is 70.5 Å². The quantitative estimate of drug-likeness (QED) is 0.468. The van der Waals surface area contributed by atoms with E-state index in [1.165, 1.54) is 0 Å². The molecule has 0 unspecified atom stereocenters. The average Bonchev–Trinajstić information content (AvgIpc) is 2.81. The third-order valence-electron chi connectivity index (χ3n) is 5.83. The number of nitrogens with zero attached hydrogens (tertiary/aromatic N) is 4. The second-order valence-corrected chi connectivity index (χ2v) is 7.80. The van der Waals surface area contributed by atoms with Gasteiger partial charge in [-0.05, 0) is 36.8 Å². The van der Waals surface area contributed by atoms with Crippen molar-refractivity contribution in [3.63, 3.8) is 0 Å². The molecule has 0 saturated carbocycles. The number of para-hydroxylation sites is 1. The number of benzene rings is 1. The zero-order chi connectivity index (χ0) is 21.2. The zero-order valence-corrected chi connectivity index (χ0v) is 17.2. The molecule has 5 rings (SSSR count). The summed E-state index contributed by atoms with van der Waals surface area (Å²) in [7, 11) is 0. The lowest BCUT2D eigenvalue weighted by Crippen LogP contribution is -2.37. The van der Waals surface area contributed by atoms with Crippen molar-refractivity contribution in [1.82, 2.24) is 19.0 Å². The minimum absolute atomic E-state index is 0.108. The zero-order valence-electron chi connectivity index (χ0n) is 17.2. The molecule has 0 aliphatic carbocycles. The minimum atomic E-state index is -0.180. The molecule has 0 atom stereocenters. The third-order valence-corrected chi connectivity index (χ3v) is 5.83. The summed E-state index contributed by atoms with van der Waals surface area (Å²) in [5.74, 6) is 0. The summed E-state index contributed by atoms with van der Waals surface area (Å²) >= 11 is 0. The molecule has 7 nitrogen and oxygen atoms in total. The third kappa shape index (κ3) is 3.89. The smallest absolute Gasteiger partial charge is 0.264 e. The minimum Gasteiger partial charge on any atom is -0.379 e. The molecule has 1 saturated heterocycles. The molecule has 1 aliphatic rings. The van der Waals surface area contributed by atoms with Gasteiger partial charge in [0.25, 0.3) is 11.1 Å². The fraction of sp³-hybridized carbons (Fsp3) is 0.292. The predicted octanol–water partition coefficient (Wildman–Crippen LogP) is 2.42. The van der Waals surface area contributed by atoms with Crippen molar-refractivity contribution in [2.24, 2.45) is 0 Å². The highest BCUT2D eigenvalue weighted by Gasteiger charge is 2.12. The molecular weight excluding hydrogens is 392 g/mol. The standard InChI is InChI=1S/C24H24N4O3/c29-23-19-17-20-22(8-12-28(24(20)30)18-5-2-1-3-6-18)25-21(19)7-11-27(23)10-4-9-26-13-15-31-16-14-26/h1-3,5-8,11-12,17H,4,9-10,13-16H2. The second-order valence-electron chi connectivity index (χ2n) is 7.80. The van der Waals surface area contributed by atoms with Gasteiger partial charge in [0.05, 0.1) is 35.0 Å². The van der Waals surface area contributed by atoms with Gasteiger partial charge in [-0.25, -0.2) is 4.98 Å². The molecule has 0 radical (unpaired) electrons. The van der Waals surface area contributed by atoms with E-state index in [0.717, 1.165) is 45.0 Å². The Morgan fingerprint density at radius 2 is 1.55 bits per heavy atom. The predicted molar refractivity (Wildman–Crippen MR) is 121 cm³/mol. The van der Waals surface area contributed by atoms with E-state index in [1.807, 2.05) is 42.5 Å². The first-order valence-corrected chi connectivity index (χ1v) is 10.6. The van der Waals surface area contributed by atoms with Gasteiger partial charge in [0.1, 0.15) is 0 Å². The number of hydrogen-bond acceptors (Lipinski definition) is 5. The van der Waals surface area contributed by atoms with Crippen molar-refractivity contribution in [1.29, 1.82) is 0 Å². The van der Waals surface area contributed by atoms with Gasteiger partial charge in [0.2, 0.25) is 0 Å². The molecule has 0 N–H and O–H groups in total. The lowest BCUT2D eigenvalue weighted by Gasteiger charge is -2.26. The summed E-state index contributed by atoms with van der Waals surface area (Å²) in [6.45, 7) is 5.00. The molecule has 7 heteroatoms. The van der Waals surface area contributed by atoms with Gasteiger partial charge in [-0.3, -0.25) is 19.1 Å². The number of aromatic nitrogens is 3. The van der Waals surface area contributed by atoms with Crippen molar-refractivity contribution in [3.8, 4) is 5.69 Å². The van der Waals surface area contributed by atoms with Crippen LogP contribution in [0.1, 0.15) is 6.42 Å². The van der Waals surface area contributed by atoms with Crippen LogP contribution in [0.2, 0.25) is 0 Å². The van der Waals surface area contributed by atoms with Crippen molar-refractivity contribution in [2.45, 2.75) is 13.0 Å². The Morgan fingerprint density at radius 3 is 2.32 bits per heavy atom. The molecular formula is C24H24N4O3. The summed E-state index contributed by atoms with van der Waals surface area (Å²) in [6, 6.07) is 14.8. The summed E-state index contributed by atoms with van der Waals surface area (Å²) in [5, 5.41) is 0.923. The van der Waals surface area contributed by atoms with E-state index in [1.54, 1.807) is 27.6 Å². The first-order chi connectivity index (χ1) is 15.2. The van der Waals surface area contributed by atoms with Crippen LogP contribution in [0.5, 0.6) is 0 Å². The molecule has 3 aromatic heterocycles. The SMILES string of the molecule is O=c1c2cc3c(=O)n(-c4ccccc4)ccc3nc2ccn1CCCN1CCOCC1. The van der Waals surface area contributed by atoms with Crippen LogP contribution < -0.4 is 11.1 Å². The molecule has 4 aromatic rings. The van der Waals surface area contributed by atoms with Crippen LogP contribution in [0.3, 0.4) is 0 Å². The number of pyridine rings is 3. The van der Waals surface area contributed by atoms with E-state index < -0.39 is 0 Å². The largest absolute Gasteiger partial charge is 0.379 e. The van der Waals surface area contributed by atoms with Gasteiger partial charge in [-0.2, -0.15) is 0 Å². The number of rotatable bonds is 5. The highest BCUT2D eigenvalue weighted by atomic mass is 16.5. The lowest BCUT2D eigenvalue weighted by atomic mass is 10.2. The number of fused-ring (bicyclic) bond motifs is 2. The summed E-state index contributed by atoms with van der Waals surface area (Å²) in [6.07, 6.45) is 4.41. The first kappa shape index (κ1) is 19.7. The molecule has 1 fully saturated rings. The fourth-order valence-electron chi connectivity index (χ4n) is 4.12. The fourth-order valence-corrected chi connectivity index (χ4v) is 4.12. The topological polar surface area (TPSA) is 69.4 Å². The van der Waals surface area contributed by atoms with Gasteiger partial charge < -0.3 is 9.30 Å². The number of hydrogen-bond donors (Lipinski definition) is 0. The van der Waals surface area contributed by atoms with E-state index in [4.69, 9.17) is 4.74 Å². The van der Waals surface area contributed by atoms with E-state index in [2.05, 4.69) is 9.88 Å². The molecule has 4 heterocycles. The van der Waals surface area contributed by atoms with E-state index >= 15 is 0 Å². The van der Waals surface area contributed by atoms with Crippen LogP contribution in [0, 0.1) is 0 Å². The van der Waals surface area contributed by atoms with Gasteiger partial charge in [0.15, 0.2) is 0 Å². The Bertz CT molecular complexity index is 1340. The Morgan fingerprint density at radius 1 is 0.839 bits per heavy atom. The average molecular weight is 416 g/mol. The molecule has 0 amide bonds. The summed E-state index contributed by atoms with van der Waals surface area (Å²) in [4.78, 5) is 33.2. The maximum Gasteiger partial charge on any atom is 0.264 e. The van der Waals surface area contributed by atoms with Crippen molar-refractivity contribution in [3.05, 3.63) is 81.6 Å². The molecule has 1 aliphatic heterocycles. The molecule has 31 heavy (non-hydrogen) atoms. The van der Waals surface area contributed by atoms with Gasteiger partial charge in [-0.1, -0.05) is 18.2 Å². The van der Waals surface area contributed by atoms with Crippen molar-refractivity contribution >= 4 is 21.8 Å². The van der Waals surface area contributed by atoms with Gasteiger partial charge >= 0.3 is 0 Å². The maximum absolute atomic E-state index is 13.1. The Labute approximate surface area is 179 Å². The van der Waals surface area contributed by atoms with E-state index in [-0.39, 0.29) is 11.1 Å². The normalized spacial score (nSPS) is 15.0. The monoisotopic (exact) mass is 416 g/mol. The number of aryl methyl sites for hydroxylation is 1. The Balaban J connectivity index is 1.49. The van der Waals surface area contributed by atoms with Gasteiger partial charge in [0, 0.05) is 44.3 Å². The summed E-state index contributed by atoms with van der Waals surface area (Å²) in [5.41, 5.74) is 1.69. The Hall–Kier alpha value is -3.29.